The van der Waals surface area contributed by atoms with Crippen molar-refractivity contribution in [1.82, 2.24) is 15.0 Å². The van der Waals surface area contributed by atoms with Gasteiger partial charge in [0.15, 0.2) is 0 Å². The van der Waals surface area contributed by atoms with Gasteiger partial charge in [0, 0.05) is 30.7 Å². The Kier molecular flexibility index (Phi) is 6.70. The van der Waals surface area contributed by atoms with Crippen molar-refractivity contribution in [3.05, 3.63) is 62.8 Å². The SMILES string of the molecule is CCc1cc2ccc(C(C)(C#N)Cc3nc(Cl)cc(OCCOC)n3)cc2[nH]c1=O. The highest BCUT2D eigenvalue weighted by atomic mass is 35.5. The quantitative estimate of drug-likeness (QED) is 0.436. The Labute approximate surface area is 179 Å². The van der Waals surface area contributed by atoms with Crippen LogP contribution >= 0.6 is 11.6 Å². The Hall–Kier alpha value is -2.95. The minimum Gasteiger partial charge on any atom is -0.475 e. The zero-order valence-corrected chi connectivity index (χ0v) is 17.9. The zero-order chi connectivity index (χ0) is 21.7. The maximum Gasteiger partial charge on any atom is 0.251 e. The number of hydrogen-bond donors (Lipinski definition) is 1. The van der Waals surface area contributed by atoms with E-state index in [0.717, 1.165) is 16.5 Å². The topological polar surface area (TPSA) is 101 Å². The molecule has 2 aromatic heterocycles. The normalized spacial score (nSPS) is 13.0. The van der Waals surface area contributed by atoms with Gasteiger partial charge in [0.2, 0.25) is 5.88 Å². The number of nitriles is 1. The molecule has 7 nitrogen and oxygen atoms in total. The van der Waals surface area contributed by atoms with Crippen molar-refractivity contribution in [1.29, 1.82) is 5.26 Å². The van der Waals surface area contributed by atoms with Crippen LogP contribution in [-0.4, -0.2) is 35.3 Å². The molecule has 1 aromatic carbocycles. The summed E-state index contributed by atoms with van der Waals surface area (Å²) >= 11 is 6.12. The molecule has 0 aliphatic carbocycles. The number of halogens is 1. The fourth-order valence-electron chi connectivity index (χ4n) is 3.20. The minimum atomic E-state index is -0.928. The van der Waals surface area contributed by atoms with Crippen LogP contribution in [0.1, 0.15) is 30.8 Å². The molecule has 0 fully saturated rings. The van der Waals surface area contributed by atoms with E-state index in [-0.39, 0.29) is 17.1 Å². The predicted octanol–water partition coefficient (Wildman–Crippen LogP) is 3.58. The van der Waals surface area contributed by atoms with Gasteiger partial charge in [-0.1, -0.05) is 30.7 Å². The third-order valence-corrected chi connectivity index (χ3v) is 5.15. The van der Waals surface area contributed by atoms with E-state index in [2.05, 4.69) is 21.0 Å². The molecule has 3 rings (SSSR count). The number of methoxy groups -OCH3 is 1. The molecule has 8 heteroatoms. The first-order valence-electron chi connectivity index (χ1n) is 9.61. The number of nitrogens with zero attached hydrogens (tertiary/aromatic N) is 3. The Bertz CT molecular complexity index is 1160. The highest BCUT2D eigenvalue weighted by molar-refractivity contribution is 6.29. The molecule has 1 atom stereocenters. The summed E-state index contributed by atoms with van der Waals surface area (Å²) in [6.45, 7) is 4.50. The summed E-state index contributed by atoms with van der Waals surface area (Å²) in [5, 5.41) is 11.1. The van der Waals surface area contributed by atoms with Crippen molar-refractivity contribution < 1.29 is 9.47 Å². The molecule has 0 saturated carbocycles. The Balaban J connectivity index is 1.94. The molecule has 0 amide bonds. The minimum absolute atomic E-state index is 0.114. The lowest BCUT2D eigenvalue weighted by atomic mass is 9.80. The summed E-state index contributed by atoms with van der Waals surface area (Å²) in [4.78, 5) is 23.7. The number of pyridine rings is 1. The van der Waals surface area contributed by atoms with E-state index in [1.54, 1.807) is 7.11 Å². The molecule has 2 heterocycles. The molecule has 0 bridgehead atoms. The van der Waals surface area contributed by atoms with E-state index >= 15 is 0 Å². The number of ether oxygens (including phenoxy) is 2. The number of fused-ring (bicyclic) bond motifs is 1. The van der Waals surface area contributed by atoms with Crippen molar-refractivity contribution in [3.63, 3.8) is 0 Å². The van der Waals surface area contributed by atoms with Gasteiger partial charge in [-0.15, -0.1) is 0 Å². The lowest BCUT2D eigenvalue weighted by Gasteiger charge is -2.22. The molecule has 0 spiro atoms. The fraction of sp³-hybridized carbons (Fsp3) is 0.364. The highest BCUT2D eigenvalue weighted by Crippen LogP contribution is 2.30. The third kappa shape index (κ3) is 4.78. The smallest absolute Gasteiger partial charge is 0.251 e. The molecule has 0 radical (unpaired) electrons. The van der Waals surface area contributed by atoms with Gasteiger partial charge in [0.05, 0.1) is 18.1 Å². The first kappa shape index (κ1) is 21.8. The maximum absolute atomic E-state index is 12.2. The van der Waals surface area contributed by atoms with Crippen LogP contribution in [0.2, 0.25) is 5.15 Å². The summed E-state index contributed by atoms with van der Waals surface area (Å²) in [5.74, 6) is 0.728. The van der Waals surface area contributed by atoms with Crippen LogP contribution in [0.3, 0.4) is 0 Å². The lowest BCUT2D eigenvalue weighted by molar-refractivity contribution is 0.143. The van der Waals surface area contributed by atoms with Crippen molar-refractivity contribution in [2.24, 2.45) is 0 Å². The molecular weight excluding hydrogens is 404 g/mol. The fourth-order valence-corrected chi connectivity index (χ4v) is 3.39. The molecule has 0 saturated heterocycles. The summed E-state index contributed by atoms with van der Waals surface area (Å²) < 4.78 is 10.5. The van der Waals surface area contributed by atoms with Crippen LogP contribution in [0, 0.1) is 11.3 Å². The number of rotatable bonds is 8. The second-order valence-corrected chi connectivity index (χ2v) is 7.57. The monoisotopic (exact) mass is 426 g/mol. The zero-order valence-electron chi connectivity index (χ0n) is 17.2. The van der Waals surface area contributed by atoms with Gasteiger partial charge in [0.1, 0.15) is 17.6 Å². The Morgan fingerprint density at radius 2 is 2.03 bits per heavy atom. The van der Waals surface area contributed by atoms with Crippen LogP contribution < -0.4 is 10.3 Å². The molecule has 30 heavy (non-hydrogen) atoms. The summed E-state index contributed by atoms with van der Waals surface area (Å²) in [5.41, 5.74) is 1.13. The van der Waals surface area contributed by atoms with Crippen LogP contribution in [0.4, 0.5) is 0 Å². The van der Waals surface area contributed by atoms with Crippen LogP contribution in [-0.2, 0) is 23.0 Å². The number of benzene rings is 1. The van der Waals surface area contributed by atoms with Crippen molar-refractivity contribution >= 4 is 22.5 Å². The number of aromatic amines is 1. The molecule has 0 aliphatic rings. The lowest BCUT2D eigenvalue weighted by Crippen LogP contribution is -2.24. The van der Waals surface area contributed by atoms with Gasteiger partial charge in [-0.3, -0.25) is 4.79 Å². The van der Waals surface area contributed by atoms with E-state index in [9.17, 15) is 10.1 Å². The molecule has 3 aromatic rings. The highest BCUT2D eigenvalue weighted by Gasteiger charge is 2.29. The van der Waals surface area contributed by atoms with Crippen molar-refractivity contribution in [3.8, 4) is 11.9 Å². The third-order valence-electron chi connectivity index (χ3n) is 4.95. The Morgan fingerprint density at radius 1 is 1.23 bits per heavy atom. The molecule has 156 valence electrons. The summed E-state index contributed by atoms with van der Waals surface area (Å²) in [6.07, 6.45) is 0.886. The maximum atomic E-state index is 12.2. The van der Waals surface area contributed by atoms with Crippen molar-refractivity contribution in [2.45, 2.75) is 32.1 Å². The first-order chi connectivity index (χ1) is 14.4. The van der Waals surface area contributed by atoms with Gasteiger partial charge < -0.3 is 14.5 Å². The van der Waals surface area contributed by atoms with Gasteiger partial charge >= 0.3 is 0 Å². The first-order valence-corrected chi connectivity index (χ1v) is 9.99. The molecular formula is C22H23ClN4O3. The van der Waals surface area contributed by atoms with E-state index in [0.29, 0.717) is 36.9 Å². The number of aryl methyl sites for hydroxylation is 1. The number of aromatic nitrogens is 3. The van der Waals surface area contributed by atoms with E-state index in [1.165, 1.54) is 6.07 Å². The van der Waals surface area contributed by atoms with E-state index in [1.807, 2.05) is 38.1 Å². The number of nitrogens with one attached hydrogen (secondary N) is 1. The largest absolute Gasteiger partial charge is 0.475 e. The standard InChI is InChI=1S/C22H23ClN4O3/c1-4-14-9-15-5-6-16(10-17(15)25-21(14)28)22(2,13-24)12-19-26-18(23)11-20(27-19)30-8-7-29-3/h5-6,9-11H,4,7-8,12H2,1-3H3,(H,25,28). The molecule has 1 unspecified atom stereocenters. The van der Waals surface area contributed by atoms with Crippen LogP contribution in [0.5, 0.6) is 5.88 Å². The van der Waals surface area contributed by atoms with Crippen molar-refractivity contribution in [2.75, 3.05) is 20.3 Å². The molecule has 0 aliphatic heterocycles. The van der Waals surface area contributed by atoms with Gasteiger partial charge in [0.25, 0.3) is 5.56 Å². The molecule has 1 N–H and O–H groups in total. The van der Waals surface area contributed by atoms with E-state index < -0.39 is 5.41 Å². The predicted molar refractivity (Wildman–Crippen MR) is 115 cm³/mol. The second-order valence-electron chi connectivity index (χ2n) is 7.19. The summed E-state index contributed by atoms with van der Waals surface area (Å²) in [7, 11) is 1.58. The number of hydrogen-bond acceptors (Lipinski definition) is 6. The van der Waals surface area contributed by atoms with Gasteiger partial charge in [-0.05, 0) is 36.4 Å². The Morgan fingerprint density at radius 3 is 2.73 bits per heavy atom. The average molecular weight is 427 g/mol. The second kappa shape index (κ2) is 9.24. The average Bonchev–Trinajstić information content (AvgIpc) is 2.72. The van der Waals surface area contributed by atoms with E-state index in [4.69, 9.17) is 21.1 Å². The summed E-state index contributed by atoms with van der Waals surface area (Å²) in [6, 6.07) is 11.4. The van der Waals surface area contributed by atoms with Crippen LogP contribution in [0.25, 0.3) is 10.9 Å². The van der Waals surface area contributed by atoms with Gasteiger partial charge in [-0.25, -0.2) is 4.98 Å². The number of H-pyrrole nitrogens is 1. The van der Waals surface area contributed by atoms with Crippen LogP contribution in [0.15, 0.2) is 35.1 Å². The van der Waals surface area contributed by atoms with Gasteiger partial charge in [-0.2, -0.15) is 10.2 Å².